The first-order valence-corrected chi connectivity index (χ1v) is 10.2. The Morgan fingerprint density at radius 1 is 0.767 bits per heavy atom. The molecule has 4 aromatic carbocycles. The van der Waals surface area contributed by atoms with Crippen LogP contribution in [0.2, 0.25) is 0 Å². The monoisotopic (exact) mass is 408 g/mol. The van der Waals surface area contributed by atoms with E-state index in [1.807, 2.05) is 35.1 Å². The molecule has 0 amide bonds. The molecule has 5 heteroatoms. The first-order valence-electron chi connectivity index (χ1n) is 9.81. The first-order chi connectivity index (χ1) is 14.8. The van der Waals surface area contributed by atoms with Crippen LogP contribution in [0.25, 0.3) is 21.5 Å². The van der Waals surface area contributed by atoms with E-state index in [1.54, 1.807) is 6.20 Å². The van der Waals surface area contributed by atoms with E-state index >= 15 is 0 Å². The average molecular weight is 409 g/mol. The highest BCUT2D eigenvalue weighted by atomic mass is 32.1. The molecule has 0 aliphatic heterocycles. The minimum absolute atomic E-state index is 0.538. The lowest BCUT2D eigenvalue weighted by Gasteiger charge is -2.11. The van der Waals surface area contributed by atoms with Crippen molar-refractivity contribution in [2.75, 3.05) is 10.6 Å². The van der Waals surface area contributed by atoms with Gasteiger partial charge >= 0.3 is 0 Å². The standard InChI is InChI=1S/C25H20N4S/c30-25(28-24-14-6-10-19-8-2-4-13-23(19)24)27-21-15-26-29(17-21)16-20-11-5-9-18-7-1-3-12-22(18)20/h1-15,17H,16H2,(H2,27,28,30). The zero-order valence-electron chi connectivity index (χ0n) is 16.2. The molecule has 0 bridgehead atoms. The fourth-order valence-corrected chi connectivity index (χ4v) is 3.97. The summed E-state index contributed by atoms with van der Waals surface area (Å²) in [6, 6.07) is 29.2. The van der Waals surface area contributed by atoms with Gasteiger partial charge in [-0.25, -0.2) is 0 Å². The van der Waals surface area contributed by atoms with Gasteiger partial charge in [0.2, 0.25) is 0 Å². The number of fused-ring (bicyclic) bond motifs is 2. The normalized spacial score (nSPS) is 10.9. The van der Waals surface area contributed by atoms with Crippen molar-refractivity contribution in [2.45, 2.75) is 6.54 Å². The van der Waals surface area contributed by atoms with E-state index in [9.17, 15) is 0 Å². The summed E-state index contributed by atoms with van der Waals surface area (Å²) in [6.45, 7) is 0.701. The first kappa shape index (κ1) is 18.3. The van der Waals surface area contributed by atoms with Gasteiger partial charge in [0.1, 0.15) is 0 Å². The van der Waals surface area contributed by atoms with Gasteiger partial charge in [0.25, 0.3) is 0 Å². The minimum Gasteiger partial charge on any atom is -0.332 e. The van der Waals surface area contributed by atoms with E-state index in [4.69, 9.17) is 12.2 Å². The Kier molecular flexibility index (Phi) is 4.87. The van der Waals surface area contributed by atoms with Crippen molar-refractivity contribution in [1.82, 2.24) is 9.78 Å². The molecule has 146 valence electrons. The third kappa shape index (κ3) is 3.75. The number of rotatable bonds is 4. The van der Waals surface area contributed by atoms with Crippen molar-refractivity contribution in [3.63, 3.8) is 0 Å². The number of benzene rings is 4. The summed E-state index contributed by atoms with van der Waals surface area (Å²) in [5.41, 5.74) is 3.07. The van der Waals surface area contributed by atoms with Gasteiger partial charge in [0.15, 0.2) is 5.11 Å². The van der Waals surface area contributed by atoms with E-state index in [-0.39, 0.29) is 0 Å². The fraction of sp³-hybridized carbons (Fsp3) is 0.0400. The average Bonchev–Trinajstić information content (AvgIpc) is 3.21. The van der Waals surface area contributed by atoms with Gasteiger partial charge in [-0.1, -0.05) is 78.9 Å². The van der Waals surface area contributed by atoms with Crippen LogP contribution in [0.4, 0.5) is 11.4 Å². The molecule has 1 heterocycles. The van der Waals surface area contributed by atoms with Gasteiger partial charge in [-0.3, -0.25) is 4.68 Å². The summed E-state index contributed by atoms with van der Waals surface area (Å²) >= 11 is 5.52. The van der Waals surface area contributed by atoms with Crippen LogP contribution in [0.3, 0.4) is 0 Å². The molecule has 1 aromatic heterocycles. The maximum Gasteiger partial charge on any atom is 0.175 e. The predicted octanol–water partition coefficient (Wildman–Crippen LogP) is 6.05. The summed E-state index contributed by atoms with van der Waals surface area (Å²) in [6.07, 6.45) is 3.76. The molecule has 0 atom stereocenters. The highest BCUT2D eigenvalue weighted by molar-refractivity contribution is 7.80. The van der Waals surface area contributed by atoms with Gasteiger partial charge in [-0.15, -0.1) is 0 Å². The van der Waals surface area contributed by atoms with Crippen LogP contribution >= 0.6 is 12.2 Å². The van der Waals surface area contributed by atoms with E-state index in [2.05, 4.69) is 76.4 Å². The summed E-state index contributed by atoms with van der Waals surface area (Å²) in [7, 11) is 0. The van der Waals surface area contributed by atoms with Crippen molar-refractivity contribution in [3.05, 3.63) is 103 Å². The van der Waals surface area contributed by atoms with Gasteiger partial charge in [0, 0.05) is 17.3 Å². The second-order valence-corrected chi connectivity index (χ2v) is 7.58. The molecule has 0 saturated heterocycles. The van der Waals surface area contributed by atoms with Gasteiger partial charge in [-0.05, 0) is 40.0 Å². The summed E-state index contributed by atoms with van der Waals surface area (Å²) in [4.78, 5) is 0. The van der Waals surface area contributed by atoms with Gasteiger partial charge < -0.3 is 10.6 Å². The second kappa shape index (κ2) is 7.97. The van der Waals surface area contributed by atoms with Crippen LogP contribution in [-0.2, 0) is 6.54 Å². The maximum absolute atomic E-state index is 5.52. The van der Waals surface area contributed by atoms with E-state index < -0.39 is 0 Å². The molecule has 2 N–H and O–H groups in total. The molecule has 0 aliphatic carbocycles. The number of aromatic nitrogens is 2. The smallest absolute Gasteiger partial charge is 0.175 e. The molecule has 5 rings (SSSR count). The Balaban J connectivity index is 1.30. The SMILES string of the molecule is S=C(Nc1cnn(Cc2cccc3ccccc23)c1)Nc1cccc2ccccc12. The summed E-state index contributed by atoms with van der Waals surface area (Å²) in [5.74, 6) is 0. The number of hydrogen-bond acceptors (Lipinski definition) is 2. The Labute approximate surface area is 180 Å². The van der Waals surface area contributed by atoms with E-state index in [0.29, 0.717) is 11.7 Å². The Morgan fingerprint density at radius 2 is 1.43 bits per heavy atom. The molecule has 30 heavy (non-hydrogen) atoms. The van der Waals surface area contributed by atoms with Crippen LogP contribution in [0.1, 0.15) is 5.56 Å². The van der Waals surface area contributed by atoms with Crippen LogP contribution in [0.5, 0.6) is 0 Å². The van der Waals surface area contributed by atoms with Crippen molar-refractivity contribution >= 4 is 50.2 Å². The van der Waals surface area contributed by atoms with Crippen molar-refractivity contribution < 1.29 is 0 Å². The van der Waals surface area contributed by atoms with Gasteiger partial charge in [0.05, 0.1) is 18.4 Å². The summed E-state index contributed by atoms with van der Waals surface area (Å²) < 4.78 is 1.92. The zero-order valence-corrected chi connectivity index (χ0v) is 17.1. The lowest BCUT2D eigenvalue weighted by molar-refractivity contribution is 0.690. The molecule has 0 spiro atoms. The Morgan fingerprint density at radius 3 is 2.27 bits per heavy atom. The van der Waals surface area contributed by atoms with Crippen LogP contribution in [-0.4, -0.2) is 14.9 Å². The van der Waals surface area contributed by atoms with E-state index in [1.165, 1.54) is 21.7 Å². The molecule has 4 nitrogen and oxygen atoms in total. The number of nitrogens with one attached hydrogen (secondary N) is 2. The van der Waals surface area contributed by atoms with Crippen molar-refractivity contribution in [1.29, 1.82) is 0 Å². The second-order valence-electron chi connectivity index (χ2n) is 7.17. The topological polar surface area (TPSA) is 41.9 Å². The quantitative estimate of drug-likeness (QED) is 0.355. The number of thiocarbonyl (C=S) groups is 1. The Bertz CT molecular complexity index is 1350. The number of hydrogen-bond donors (Lipinski definition) is 2. The predicted molar refractivity (Wildman–Crippen MR) is 129 cm³/mol. The maximum atomic E-state index is 5.52. The molecular weight excluding hydrogens is 388 g/mol. The lowest BCUT2D eigenvalue weighted by Crippen LogP contribution is -2.18. The lowest BCUT2D eigenvalue weighted by atomic mass is 10.0. The summed E-state index contributed by atoms with van der Waals surface area (Å²) in [5, 5.41) is 16.4. The third-order valence-electron chi connectivity index (χ3n) is 5.14. The molecular formula is C25H20N4S. The largest absolute Gasteiger partial charge is 0.332 e. The van der Waals surface area contributed by atoms with Crippen molar-refractivity contribution in [3.8, 4) is 0 Å². The third-order valence-corrected chi connectivity index (χ3v) is 5.35. The molecule has 0 aliphatic rings. The van der Waals surface area contributed by atoms with Crippen LogP contribution in [0.15, 0.2) is 97.3 Å². The zero-order chi connectivity index (χ0) is 20.3. The Hall–Kier alpha value is -3.70. The van der Waals surface area contributed by atoms with Gasteiger partial charge in [-0.2, -0.15) is 5.10 Å². The molecule has 0 fully saturated rings. The van der Waals surface area contributed by atoms with Crippen LogP contribution < -0.4 is 10.6 Å². The minimum atomic E-state index is 0.538. The molecule has 0 saturated carbocycles. The van der Waals surface area contributed by atoms with E-state index in [0.717, 1.165) is 16.8 Å². The van der Waals surface area contributed by atoms with Crippen molar-refractivity contribution in [2.24, 2.45) is 0 Å². The fourth-order valence-electron chi connectivity index (χ4n) is 3.74. The van der Waals surface area contributed by atoms with Crippen LogP contribution in [0, 0.1) is 0 Å². The molecule has 5 aromatic rings. The molecule has 0 radical (unpaired) electrons. The molecule has 0 unspecified atom stereocenters. The highest BCUT2D eigenvalue weighted by Gasteiger charge is 2.06. The number of anilines is 2. The highest BCUT2D eigenvalue weighted by Crippen LogP contribution is 2.23. The number of nitrogens with zero attached hydrogens (tertiary/aromatic N) is 2.